The third-order valence-electron chi connectivity index (χ3n) is 3.41. The van der Waals surface area contributed by atoms with Crippen molar-refractivity contribution in [2.75, 3.05) is 5.32 Å². The van der Waals surface area contributed by atoms with Crippen LogP contribution in [-0.4, -0.2) is 21.4 Å². The molecule has 1 N–H and O–H groups in total. The van der Waals surface area contributed by atoms with E-state index in [1.807, 2.05) is 24.3 Å². The van der Waals surface area contributed by atoms with Gasteiger partial charge in [0.1, 0.15) is 0 Å². The Morgan fingerprint density at radius 2 is 2.04 bits per heavy atom. The van der Waals surface area contributed by atoms with Crippen LogP contribution >= 0.6 is 11.8 Å². The van der Waals surface area contributed by atoms with Crippen molar-refractivity contribution in [3.05, 3.63) is 48.2 Å². The first-order valence-corrected chi connectivity index (χ1v) is 8.47. The zero-order valence-electron chi connectivity index (χ0n) is 13.4. The minimum Gasteiger partial charge on any atom is -0.459 e. The van der Waals surface area contributed by atoms with Gasteiger partial charge in [-0.05, 0) is 43.2 Å². The number of hydrogen-bond acceptors (Lipinski definition) is 6. The molecule has 0 saturated carbocycles. The fourth-order valence-electron chi connectivity index (χ4n) is 2.03. The largest absolute Gasteiger partial charge is 0.459 e. The number of nitrogens with zero attached hydrogens (tertiary/aromatic N) is 2. The second-order valence-corrected chi connectivity index (χ2v) is 6.44. The molecule has 2 heterocycles. The van der Waals surface area contributed by atoms with Crippen molar-refractivity contribution in [1.29, 1.82) is 0 Å². The molecule has 0 radical (unpaired) electrons. The Labute approximate surface area is 143 Å². The lowest BCUT2D eigenvalue weighted by atomic mass is 10.1. The molecule has 7 heteroatoms. The first-order chi connectivity index (χ1) is 11.7. The van der Waals surface area contributed by atoms with Crippen molar-refractivity contribution in [3.8, 4) is 11.7 Å². The molecule has 124 valence electrons. The van der Waals surface area contributed by atoms with Gasteiger partial charge < -0.3 is 14.2 Å². The lowest BCUT2D eigenvalue weighted by Gasteiger charge is -2.10. The minimum atomic E-state index is -0.374. The number of aromatic nitrogens is 2. The maximum Gasteiger partial charge on any atom is 0.284 e. The van der Waals surface area contributed by atoms with Gasteiger partial charge >= 0.3 is 0 Å². The quantitative estimate of drug-likeness (QED) is 0.681. The molecule has 0 saturated heterocycles. The molecule has 6 nitrogen and oxygen atoms in total. The van der Waals surface area contributed by atoms with E-state index in [2.05, 4.69) is 22.4 Å². The molecule has 1 aromatic carbocycles. The van der Waals surface area contributed by atoms with E-state index in [9.17, 15) is 4.79 Å². The number of furan rings is 1. The number of carbonyl (C=O) groups is 1. The molecule has 1 atom stereocenters. The average Bonchev–Trinajstić information content (AvgIpc) is 3.26. The van der Waals surface area contributed by atoms with Gasteiger partial charge in [0, 0.05) is 5.69 Å². The summed E-state index contributed by atoms with van der Waals surface area (Å²) in [5.74, 6) is 0.676. The van der Waals surface area contributed by atoms with E-state index in [1.54, 1.807) is 19.1 Å². The highest BCUT2D eigenvalue weighted by Crippen LogP contribution is 2.26. The first-order valence-electron chi connectivity index (χ1n) is 7.59. The Kier molecular flexibility index (Phi) is 5.00. The van der Waals surface area contributed by atoms with Gasteiger partial charge in [-0.1, -0.05) is 30.8 Å². The standard InChI is InChI=1S/C17H17N3O3S/c1-3-12-6-8-13(9-7-12)18-15(21)11(2)24-17-20-19-16(23-17)14-5-4-10-22-14/h4-11H,3H2,1-2H3,(H,18,21)/t11-/m0/s1. The van der Waals surface area contributed by atoms with E-state index < -0.39 is 0 Å². The first kappa shape index (κ1) is 16.3. The van der Waals surface area contributed by atoms with Gasteiger partial charge in [0.15, 0.2) is 5.76 Å². The highest BCUT2D eigenvalue weighted by molar-refractivity contribution is 8.00. The number of hydrogen-bond donors (Lipinski definition) is 1. The smallest absolute Gasteiger partial charge is 0.284 e. The zero-order chi connectivity index (χ0) is 16.9. The van der Waals surface area contributed by atoms with E-state index in [0.717, 1.165) is 12.1 Å². The van der Waals surface area contributed by atoms with Crippen LogP contribution in [0.1, 0.15) is 19.4 Å². The van der Waals surface area contributed by atoms with Gasteiger partial charge in [-0.3, -0.25) is 4.79 Å². The van der Waals surface area contributed by atoms with Crippen LogP contribution in [0.15, 0.2) is 56.7 Å². The fourth-order valence-corrected chi connectivity index (χ4v) is 2.71. The molecule has 3 aromatic rings. The Bertz CT molecular complexity index is 797. The van der Waals surface area contributed by atoms with Crippen LogP contribution < -0.4 is 5.32 Å². The molecule has 1 amide bonds. The Hall–Kier alpha value is -2.54. The summed E-state index contributed by atoms with van der Waals surface area (Å²) >= 11 is 1.20. The molecule has 0 spiro atoms. The monoisotopic (exact) mass is 343 g/mol. The van der Waals surface area contributed by atoms with Crippen molar-refractivity contribution in [1.82, 2.24) is 10.2 Å². The van der Waals surface area contributed by atoms with Gasteiger partial charge in [-0.15, -0.1) is 10.2 Å². The normalized spacial score (nSPS) is 12.1. The Balaban J connectivity index is 1.59. The van der Waals surface area contributed by atoms with Crippen LogP contribution in [-0.2, 0) is 11.2 Å². The van der Waals surface area contributed by atoms with Crippen LogP contribution in [0.5, 0.6) is 0 Å². The maximum atomic E-state index is 12.3. The molecule has 3 rings (SSSR count). The number of benzene rings is 1. The summed E-state index contributed by atoms with van der Waals surface area (Å²) in [5, 5.41) is 10.7. The molecular formula is C17H17N3O3S. The molecule has 24 heavy (non-hydrogen) atoms. The predicted molar refractivity (Wildman–Crippen MR) is 91.8 cm³/mol. The van der Waals surface area contributed by atoms with Crippen LogP contribution in [0.2, 0.25) is 0 Å². The molecule has 0 fully saturated rings. The molecule has 0 aliphatic heterocycles. The minimum absolute atomic E-state index is 0.123. The third kappa shape index (κ3) is 3.86. The summed E-state index contributed by atoms with van der Waals surface area (Å²) in [6.45, 7) is 3.88. The highest BCUT2D eigenvalue weighted by Gasteiger charge is 2.19. The van der Waals surface area contributed by atoms with Crippen LogP contribution in [0, 0.1) is 0 Å². The number of rotatable bonds is 6. The lowest BCUT2D eigenvalue weighted by Crippen LogP contribution is -2.22. The summed E-state index contributed by atoms with van der Waals surface area (Å²) in [4.78, 5) is 12.3. The third-order valence-corrected chi connectivity index (χ3v) is 4.35. The number of thioether (sulfide) groups is 1. The second kappa shape index (κ2) is 7.35. The van der Waals surface area contributed by atoms with Crippen molar-refractivity contribution in [2.45, 2.75) is 30.7 Å². The van der Waals surface area contributed by atoms with Gasteiger partial charge in [0.2, 0.25) is 5.91 Å². The molecule has 0 aliphatic carbocycles. The number of aryl methyl sites for hydroxylation is 1. The van der Waals surface area contributed by atoms with E-state index in [0.29, 0.717) is 16.9 Å². The summed E-state index contributed by atoms with van der Waals surface area (Å²) in [7, 11) is 0. The van der Waals surface area contributed by atoms with Gasteiger partial charge in [0.05, 0.1) is 11.5 Å². The Morgan fingerprint density at radius 3 is 2.71 bits per heavy atom. The van der Waals surface area contributed by atoms with Crippen LogP contribution in [0.25, 0.3) is 11.7 Å². The SMILES string of the molecule is CCc1ccc(NC(=O)[C@H](C)Sc2nnc(-c3ccco3)o2)cc1. The summed E-state index contributed by atoms with van der Waals surface area (Å²) < 4.78 is 10.7. The van der Waals surface area contributed by atoms with Crippen LogP contribution in [0.4, 0.5) is 5.69 Å². The van der Waals surface area contributed by atoms with Crippen molar-refractivity contribution in [3.63, 3.8) is 0 Å². The van der Waals surface area contributed by atoms with Gasteiger partial charge in [-0.2, -0.15) is 0 Å². The summed E-state index contributed by atoms with van der Waals surface area (Å²) in [6, 6.07) is 11.3. The Morgan fingerprint density at radius 1 is 1.25 bits per heavy atom. The number of carbonyl (C=O) groups excluding carboxylic acids is 1. The summed E-state index contributed by atoms with van der Waals surface area (Å²) in [6.07, 6.45) is 2.50. The molecule has 0 bridgehead atoms. The van der Waals surface area contributed by atoms with Crippen molar-refractivity contribution >= 4 is 23.4 Å². The van der Waals surface area contributed by atoms with E-state index in [1.165, 1.54) is 23.6 Å². The van der Waals surface area contributed by atoms with Crippen molar-refractivity contribution < 1.29 is 13.6 Å². The average molecular weight is 343 g/mol. The predicted octanol–water partition coefficient (Wildman–Crippen LogP) is 4.01. The van der Waals surface area contributed by atoms with E-state index in [4.69, 9.17) is 8.83 Å². The highest BCUT2D eigenvalue weighted by atomic mass is 32.2. The zero-order valence-corrected chi connectivity index (χ0v) is 14.2. The van der Waals surface area contributed by atoms with Gasteiger partial charge in [-0.25, -0.2) is 0 Å². The summed E-state index contributed by atoms with van der Waals surface area (Å²) in [5.41, 5.74) is 2.00. The fraction of sp³-hybridized carbons (Fsp3) is 0.235. The topological polar surface area (TPSA) is 81.2 Å². The molecule has 0 aliphatic rings. The lowest BCUT2D eigenvalue weighted by molar-refractivity contribution is -0.115. The van der Waals surface area contributed by atoms with Gasteiger partial charge in [0.25, 0.3) is 11.1 Å². The maximum absolute atomic E-state index is 12.3. The molecule has 0 unspecified atom stereocenters. The van der Waals surface area contributed by atoms with Crippen LogP contribution in [0.3, 0.4) is 0 Å². The van der Waals surface area contributed by atoms with Crippen molar-refractivity contribution in [2.24, 2.45) is 0 Å². The second-order valence-electron chi connectivity index (χ2n) is 5.15. The van der Waals surface area contributed by atoms with E-state index in [-0.39, 0.29) is 11.2 Å². The molecule has 2 aromatic heterocycles. The molecular weight excluding hydrogens is 326 g/mol. The number of anilines is 1. The number of amides is 1. The number of nitrogens with one attached hydrogen (secondary N) is 1. The van der Waals surface area contributed by atoms with E-state index >= 15 is 0 Å².